The molecule has 0 aromatic heterocycles. The normalized spacial score (nSPS) is 15.5. The Hall–Kier alpha value is -3.11. The third-order valence-corrected chi connectivity index (χ3v) is 6.15. The van der Waals surface area contributed by atoms with Crippen LogP contribution < -0.4 is 21.5 Å². The molecule has 2 aromatic rings. The highest BCUT2D eigenvalue weighted by molar-refractivity contribution is 6.33. The molecular formula is C23H27ClF2N4O4. The minimum atomic E-state index is -1.02. The van der Waals surface area contributed by atoms with Gasteiger partial charge in [0.25, 0.3) is 5.91 Å². The standard InChI is InChI=1S/C23H27ClF2N4O4/c1-33-20-10-16(24)19(27)9-15(20)22(31)29-11-13-4-6-30(7-5-13)12-21(34-23(28)32)14-2-3-17(25)18(26)8-14/h2-3,8-10,13,21H,4-7,11-12,27H2,1H3,(H2,28,32)(H,29,31). The average Bonchev–Trinajstić information content (AvgIpc) is 2.81. The third-order valence-electron chi connectivity index (χ3n) is 5.82. The van der Waals surface area contributed by atoms with Gasteiger partial charge in [0.15, 0.2) is 11.6 Å². The smallest absolute Gasteiger partial charge is 0.405 e. The summed E-state index contributed by atoms with van der Waals surface area (Å²) in [5.74, 6) is -1.75. The van der Waals surface area contributed by atoms with Gasteiger partial charge in [-0.15, -0.1) is 0 Å². The molecule has 2 amide bonds. The average molecular weight is 497 g/mol. The molecule has 3 rings (SSSR count). The highest BCUT2D eigenvalue weighted by Crippen LogP contribution is 2.29. The number of benzene rings is 2. The quantitative estimate of drug-likeness (QED) is 0.481. The number of nitrogens with two attached hydrogens (primary N) is 2. The van der Waals surface area contributed by atoms with Gasteiger partial charge in [0.2, 0.25) is 0 Å². The van der Waals surface area contributed by atoms with Crippen LogP contribution in [-0.2, 0) is 4.74 Å². The number of ether oxygens (including phenoxy) is 2. The van der Waals surface area contributed by atoms with E-state index in [0.717, 1.165) is 25.0 Å². The molecule has 1 heterocycles. The van der Waals surface area contributed by atoms with E-state index in [-0.39, 0.29) is 24.1 Å². The van der Waals surface area contributed by atoms with Crippen LogP contribution in [-0.4, -0.2) is 50.2 Å². The maximum Gasteiger partial charge on any atom is 0.405 e. The van der Waals surface area contributed by atoms with Crippen LogP contribution in [0.1, 0.15) is 34.9 Å². The zero-order valence-electron chi connectivity index (χ0n) is 18.7. The molecule has 0 aliphatic carbocycles. The molecular weight excluding hydrogens is 470 g/mol. The summed E-state index contributed by atoms with van der Waals surface area (Å²) in [7, 11) is 1.45. The first kappa shape index (κ1) is 25.5. The van der Waals surface area contributed by atoms with Crippen molar-refractivity contribution in [2.45, 2.75) is 18.9 Å². The van der Waals surface area contributed by atoms with Gasteiger partial charge in [0.1, 0.15) is 11.9 Å². The highest BCUT2D eigenvalue weighted by Gasteiger charge is 2.26. The van der Waals surface area contributed by atoms with Crippen LogP contribution in [0, 0.1) is 17.6 Å². The summed E-state index contributed by atoms with van der Waals surface area (Å²) >= 11 is 5.99. The van der Waals surface area contributed by atoms with Gasteiger partial charge >= 0.3 is 6.09 Å². The second kappa shape index (κ2) is 11.3. The Kier molecular flexibility index (Phi) is 8.51. The minimum Gasteiger partial charge on any atom is -0.496 e. The monoisotopic (exact) mass is 496 g/mol. The molecule has 8 nitrogen and oxygen atoms in total. The van der Waals surface area contributed by atoms with Gasteiger partial charge in [-0.25, -0.2) is 13.6 Å². The Morgan fingerprint density at radius 3 is 2.53 bits per heavy atom. The van der Waals surface area contributed by atoms with Gasteiger partial charge < -0.3 is 26.3 Å². The van der Waals surface area contributed by atoms with E-state index in [9.17, 15) is 18.4 Å². The van der Waals surface area contributed by atoms with Crippen molar-refractivity contribution >= 4 is 29.3 Å². The number of likely N-dealkylation sites (tertiary alicyclic amines) is 1. The molecule has 0 spiro atoms. The molecule has 1 unspecified atom stereocenters. The fourth-order valence-electron chi connectivity index (χ4n) is 3.92. The molecule has 184 valence electrons. The second-order valence-electron chi connectivity index (χ2n) is 8.13. The molecule has 1 atom stereocenters. The van der Waals surface area contributed by atoms with E-state index in [4.69, 9.17) is 32.5 Å². The molecule has 11 heteroatoms. The fourth-order valence-corrected chi connectivity index (χ4v) is 4.08. The maximum atomic E-state index is 13.7. The van der Waals surface area contributed by atoms with E-state index in [1.165, 1.54) is 25.3 Å². The second-order valence-corrected chi connectivity index (χ2v) is 8.53. The van der Waals surface area contributed by atoms with Crippen LogP contribution in [0.15, 0.2) is 30.3 Å². The van der Waals surface area contributed by atoms with E-state index in [2.05, 4.69) is 10.2 Å². The van der Waals surface area contributed by atoms with Crippen LogP contribution in [0.2, 0.25) is 5.02 Å². The van der Waals surface area contributed by atoms with Crippen molar-refractivity contribution in [1.29, 1.82) is 0 Å². The topological polar surface area (TPSA) is 120 Å². The van der Waals surface area contributed by atoms with Gasteiger partial charge in [-0.2, -0.15) is 0 Å². The SMILES string of the molecule is COc1cc(Cl)c(N)cc1C(=O)NCC1CCN(CC(OC(N)=O)c2ccc(F)c(F)c2)CC1. The molecule has 1 saturated heterocycles. The number of rotatable bonds is 8. The largest absolute Gasteiger partial charge is 0.496 e. The zero-order chi connectivity index (χ0) is 24.8. The number of amides is 2. The summed E-state index contributed by atoms with van der Waals surface area (Å²) in [6, 6.07) is 6.34. The van der Waals surface area contributed by atoms with E-state index in [1.807, 2.05) is 0 Å². The predicted molar refractivity (Wildman–Crippen MR) is 124 cm³/mol. The number of primary amides is 1. The predicted octanol–water partition coefficient (Wildman–Crippen LogP) is 3.49. The van der Waals surface area contributed by atoms with Crippen molar-refractivity contribution < 1.29 is 27.8 Å². The number of anilines is 1. The highest BCUT2D eigenvalue weighted by atomic mass is 35.5. The van der Waals surface area contributed by atoms with Crippen LogP contribution in [0.5, 0.6) is 5.75 Å². The van der Waals surface area contributed by atoms with E-state index in [1.54, 1.807) is 0 Å². The number of hydrogen-bond donors (Lipinski definition) is 3. The van der Waals surface area contributed by atoms with Crippen molar-refractivity contribution in [3.05, 3.63) is 58.1 Å². The molecule has 1 fully saturated rings. The zero-order valence-corrected chi connectivity index (χ0v) is 19.4. The van der Waals surface area contributed by atoms with Crippen molar-refractivity contribution in [2.75, 3.05) is 39.0 Å². The molecule has 0 bridgehead atoms. The van der Waals surface area contributed by atoms with Gasteiger partial charge in [-0.1, -0.05) is 17.7 Å². The molecule has 1 aliphatic rings. The number of nitrogens with one attached hydrogen (secondary N) is 1. The number of nitrogens with zero attached hydrogens (tertiary/aromatic N) is 1. The number of carbonyl (C=O) groups is 2. The van der Waals surface area contributed by atoms with Gasteiger partial charge in [0.05, 0.1) is 23.4 Å². The Morgan fingerprint density at radius 1 is 1.21 bits per heavy atom. The minimum absolute atomic E-state index is 0.231. The first-order valence-corrected chi connectivity index (χ1v) is 11.1. The summed E-state index contributed by atoms with van der Waals surface area (Å²) in [5, 5.41) is 3.22. The van der Waals surface area contributed by atoms with Gasteiger partial charge in [0, 0.05) is 19.2 Å². The lowest BCUT2D eigenvalue weighted by Crippen LogP contribution is -2.41. The first-order valence-electron chi connectivity index (χ1n) is 10.7. The summed E-state index contributed by atoms with van der Waals surface area (Å²) in [6.45, 7) is 2.08. The van der Waals surface area contributed by atoms with Crippen molar-refractivity contribution in [3.63, 3.8) is 0 Å². The summed E-state index contributed by atoms with van der Waals surface area (Å²) < 4.78 is 37.3. The molecule has 0 radical (unpaired) electrons. The maximum absolute atomic E-state index is 13.7. The molecule has 5 N–H and O–H groups in total. The lowest BCUT2D eigenvalue weighted by Gasteiger charge is -2.34. The molecule has 34 heavy (non-hydrogen) atoms. The Morgan fingerprint density at radius 2 is 1.91 bits per heavy atom. The molecule has 1 aliphatic heterocycles. The van der Waals surface area contributed by atoms with Crippen LogP contribution in [0.25, 0.3) is 0 Å². The van der Waals surface area contributed by atoms with Crippen molar-refractivity contribution in [3.8, 4) is 5.75 Å². The number of halogens is 3. The van der Waals surface area contributed by atoms with E-state index >= 15 is 0 Å². The Bertz CT molecular complexity index is 1050. The molecule has 2 aromatic carbocycles. The van der Waals surface area contributed by atoms with Crippen LogP contribution in [0.3, 0.4) is 0 Å². The van der Waals surface area contributed by atoms with Crippen LogP contribution in [0.4, 0.5) is 19.3 Å². The summed E-state index contributed by atoms with van der Waals surface area (Å²) in [4.78, 5) is 26.0. The lowest BCUT2D eigenvalue weighted by molar-refractivity contribution is 0.0630. The summed E-state index contributed by atoms with van der Waals surface area (Å²) in [6.07, 6.45) is -0.264. The number of piperidine rings is 1. The first-order chi connectivity index (χ1) is 16.2. The fraction of sp³-hybridized carbons (Fsp3) is 0.391. The van der Waals surface area contributed by atoms with Gasteiger partial charge in [-0.05, 0) is 55.6 Å². The number of nitrogen functional groups attached to an aromatic ring is 1. The van der Waals surface area contributed by atoms with Crippen molar-refractivity contribution in [1.82, 2.24) is 10.2 Å². The molecule has 0 saturated carbocycles. The number of hydrogen-bond acceptors (Lipinski definition) is 6. The Balaban J connectivity index is 1.54. The van der Waals surface area contributed by atoms with Gasteiger partial charge in [-0.3, -0.25) is 9.69 Å². The third kappa shape index (κ3) is 6.48. The van der Waals surface area contributed by atoms with Crippen molar-refractivity contribution in [2.24, 2.45) is 11.7 Å². The number of carbonyl (C=O) groups excluding carboxylic acids is 2. The van der Waals surface area contributed by atoms with Crippen LogP contribution >= 0.6 is 11.6 Å². The Labute approximate surface area is 201 Å². The van der Waals surface area contributed by atoms with E-state index < -0.39 is 23.8 Å². The summed E-state index contributed by atoms with van der Waals surface area (Å²) in [5.41, 5.74) is 11.9. The van der Waals surface area contributed by atoms with E-state index in [0.29, 0.717) is 41.5 Å². The lowest BCUT2D eigenvalue weighted by atomic mass is 9.96. The number of methoxy groups -OCH3 is 1.